The van der Waals surface area contributed by atoms with Crippen molar-refractivity contribution in [2.75, 3.05) is 0 Å². The first-order chi connectivity index (χ1) is 7.86. The monoisotopic (exact) mass is 222 g/mol. The van der Waals surface area contributed by atoms with Crippen LogP contribution in [0.2, 0.25) is 0 Å². The predicted octanol–water partition coefficient (Wildman–Crippen LogP) is 4.54. The molecule has 88 valence electrons. The molecule has 0 nitrogen and oxygen atoms in total. The summed E-state index contributed by atoms with van der Waals surface area (Å²) in [5.41, 5.74) is 3.84. The number of benzene rings is 1. The second-order valence-corrected chi connectivity index (χ2v) is 5.96. The van der Waals surface area contributed by atoms with Crippen LogP contribution < -0.4 is 0 Å². The van der Waals surface area contributed by atoms with E-state index in [0.29, 0.717) is 0 Å². The summed E-state index contributed by atoms with van der Waals surface area (Å²) in [4.78, 5) is 0. The Kier molecular flexibility index (Phi) is 5.11. The minimum absolute atomic E-state index is 0.251. The normalized spacial score (nSPS) is 16.4. The van der Waals surface area contributed by atoms with Crippen LogP contribution in [0.25, 0.3) is 5.57 Å². The number of rotatable bonds is 5. The van der Waals surface area contributed by atoms with Crippen molar-refractivity contribution in [3.8, 4) is 0 Å². The Labute approximate surface area is 116 Å². The first kappa shape index (κ1) is 14.6. The molecule has 1 aromatic carbocycles. The number of allylic oxidation sites excluding steroid dienone is 1. The first-order valence-corrected chi connectivity index (χ1v) is 6.63. The molecular formula is C16H23Li. The van der Waals surface area contributed by atoms with Crippen molar-refractivity contribution >= 4 is 23.3 Å². The van der Waals surface area contributed by atoms with Crippen molar-refractivity contribution in [1.82, 2.24) is 0 Å². The molecule has 17 heavy (non-hydrogen) atoms. The van der Waals surface area contributed by atoms with Gasteiger partial charge in [0.2, 0.25) is 0 Å². The van der Waals surface area contributed by atoms with E-state index in [-0.39, 0.29) is 4.09 Å². The Morgan fingerprint density at radius 2 is 2.12 bits per heavy atom. The van der Waals surface area contributed by atoms with Gasteiger partial charge in [-0.15, -0.1) is 0 Å². The maximum absolute atomic E-state index is 4.03. The standard InChI is InChI=1S/C16H23.Li/c1-6-13(4)10-14(5)16-9-7-8-15(11-16)12(2)3;/h7-9,11,13H,2,6,10H2,1,3-5H3;. The van der Waals surface area contributed by atoms with Crippen LogP contribution in [0.4, 0.5) is 0 Å². The predicted molar refractivity (Wildman–Crippen MR) is 78.3 cm³/mol. The molecule has 0 fully saturated rings. The third-order valence-electron chi connectivity index (χ3n) is 3.69. The molecule has 1 heteroatoms. The average Bonchev–Trinajstić information content (AvgIpc) is 2.28. The molecule has 2 atom stereocenters. The fourth-order valence-electron chi connectivity index (χ4n) is 2.34. The fraction of sp³-hybridized carbons (Fsp3) is 0.500. The van der Waals surface area contributed by atoms with Gasteiger partial charge < -0.3 is 0 Å². The molecule has 0 aromatic heterocycles. The zero-order chi connectivity index (χ0) is 13.1. The van der Waals surface area contributed by atoms with Crippen LogP contribution in [0.3, 0.4) is 0 Å². The van der Waals surface area contributed by atoms with Crippen LogP contribution >= 0.6 is 0 Å². The topological polar surface area (TPSA) is 0 Å². The first-order valence-electron chi connectivity index (χ1n) is 6.63. The maximum atomic E-state index is 4.03. The van der Waals surface area contributed by atoms with Crippen LogP contribution in [-0.4, -0.2) is 17.7 Å². The van der Waals surface area contributed by atoms with Crippen molar-refractivity contribution in [2.24, 2.45) is 5.92 Å². The van der Waals surface area contributed by atoms with Crippen molar-refractivity contribution in [3.63, 3.8) is 0 Å². The molecule has 0 radical (unpaired) electrons. The van der Waals surface area contributed by atoms with Gasteiger partial charge in [-0.2, -0.15) is 0 Å². The van der Waals surface area contributed by atoms with Gasteiger partial charge in [0, 0.05) is 0 Å². The summed E-state index contributed by atoms with van der Waals surface area (Å²) >= 11 is 2.34. The van der Waals surface area contributed by atoms with Crippen LogP contribution in [0.15, 0.2) is 30.8 Å². The average molecular weight is 222 g/mol. The second kappa shape index (κ2) is 5.94. The van der Waals surface area contributed by atoms with E-state index < -0.39 is 0 Å². The minimum atomic E-state index is 0.251. The fourth-order valence-corrected chi connectivity index (χ4v) is 2.34. The zero-order valence-corrected chi connectivity index (χ0v) is 12.0. The van der Waals surface area contributed by atoms with E-state index in [9.17, 15) is 0 Å². The molecule has 0 bridgehead atoms. The van der Waals surface area contributed by atoms with Gasteiger partial charge in [0.25, 0.3) is 0 Å². The van der Waals surface area contributed by atoms with Crippen LogP contribution in [0.5, 0.6) is 0 Å². The molecule has 0 aliphatic rings. The van der Waals surface area contributed by atoms with Gasteiger partial charge in [0.1, 0.15) is 0 Å². The summed E-state index contributed by atoms with van der Waals surface area (Å²) in [5, 5.41) is 0. The van der Waals surface area contributed by atoms with Gasteiger partial charge in [0.15, 0.2) is 0 Å². The van der Waals surface area contributed by atoms with Crippen molar-refractivity contribution in [1.29, 1.82) is 0 Å². The van der Waals surface area contributed by atoms with Gasteiger partial charge in [-0.1, -0.05) is 0 Å². The molecule has 0 aliphatic carbocycles. The van der Waals surface area contributed by atoms with Gasteiger partial charge in [-0.05, 0) is 0 Å². The summed E-state index contributed by atoms with van der Waals surface area (Å²) in [6.07, 6.45) is 2.49. The Morgan fingerprint density at radius 1 is 1.47 bits per heavy atom. The molecular weight excluding hydrogens is 199 g/mol. The second-order valence-electron chi connectivity index (χ2n) is 5.96. The Hall–Kier alpha value is -0.443. The molecule has 0 N–H and O–H groups in total. The number of hydrogen-bond donors (Lipinski definition) is 0. The molecule has 0 amide bonds. The van der Waals surface area contributed by atoms with Crippen LogP contribution in [0.1, 0.15) is 51.7 Å². The van der Waals surface area contributed by atoms with Crippen molar-refractivity contribution in [3.05, 3.63) is 42.0 Å². The third kappa shape index (κ3) is 4.05. The van der Waals surface area contributed by atoms with Crippen LogP contribution in [-0.2, 0) is 4.09 Å². The molecule has 0 aliphatic heterocycles. The Balaban J connectivity index is 2.97. The quantitative estimate of drug-likeness (QED) is 0.642. The van der Waals surface area contributed by atoms with Crippen molar-refractivity contribution < 1.29 is 0 Å². The van der Waals surface area contributed by atoms with Gasteiger partial charge in [0.05, 0.1) is 0 Å². The Morgan fingerprint density at radius 3 is 2.65 bits per heavy atom. The van der Waals surface area contributed by atoms with Crippen LogP contribution in [0, 0.1) is 5.92 Å². The summed E-state index contributed by atoms with van der Waals surface area (Å²) in [7, 11) is 0. The molecule has 0 heterocycles. The van der Waals surface area contributed by atoms with Gasteiger partial charge in [-0.25, -0.2) is 0 Å². The third-order valence-corrected chi connectivity index (χ3v) is 3.69. The molecule has 1 rings (SSSR count). The summed E-state index contributed by atoms with van der Waals surface area (Å²) in [6, 6.07) is 8.84. The SMILES string of the molecule is [Li][C](C)(CC(C)CC)c1cccc(C(=C)C)c1. The molecule has 2 unspecified atom stereocenters. The Bertz CT molecular complexity index is 390. The summed E-state index contributed by atoms with van der Waals surface area (Å²) in [5.74, 6) is 0.776. The van der Waals surface area contributed by atoms with E-state index in [1.54, 1.807) is 0 Å². The van der Waals surface area contributed by atoms with Gasteiger partial charge >= 0.3 is 116 Å². The molecule has 0 saturated heterocycles. The van der Waals surface area contributed by atoms with E-state index in [4.69, 9.17) is 0 Å². The number of hydrogen-bond acceptors (Lipinski definition) is 0. The van der Waals surface area contributed by atoms with Gasteiger partial charge in [-0.3, -0.25) is 0 Å². The van der Waals surface area contributed by atoms with E-state index in [1.165, 1.54) is 24.0 Å². The van der Waals surface area contributed by atoms with E-state index in [1.807, 2.05) is 0 Å². The molecule has 0 spiro atoms. The molecule has 0 saturated carbocycles. The van der Waals surface area contributed by atoms with E-state index in [2.05, 4.69) is 76.3 Å². The zero-order valence-electron chi connectivity index (χ0n) is 12.0. The molecule has 1 aromatic rings. The van der Waals surface area contributed by atoms with Crippen molar-refractivity contribution in [2.45, 2.75) is 44.6 Å². The van der Waals surface area contributed by atoms with E-state index in [0.717, 1.165) is 11.5 Å². The summed E-state index contributed by atoms with van der Waals surface area (Å²) < 4.78 is 0.251. The van der Waals surface area contributed by atoms with E-state index >= 15 is 0 Å². The summed E-state index contributed by atoms with van der Waals surface area (Å²) in [6.45, 7) is 13.0.